The van der Waals surface area contributed by atoms with Crippen molar-refractivity contribution < 1.29 is 4.74 Å². The summed E-state index contributed by atoms with van der Waals surface area (Å²) >= 11 is 0. The second kappa shape index (κ2) is 5.61. The Labute approximate surface area is 101 Å². The molecule has 0 bridgehead atoms. The molecule has 5 nitrogen and oxygen atoms in total. The van der Waals surface area contributed by atoms with Gasteiger partial charge in [0.05, 0.1) is 0 Å². The van der Waals surface area contributed by atoms with Gasteiger partial charge >= 0.3 is 6.01 Å². The SMILES string of the molecule is N=C(N)c1ccnc(OC2CCCCCC2)n1. The Morgan fingerprint density at radius 3 is 2.65 bits per heavy atom. The molecule has 1 aliphatic rings. The van der Waals surface area contributed by atoms with Gasteiger partial charge in [0.2, 0.25) is 0 Å². The quantitative estimate of drug-likeness (QED) is 0.475. The maximum atomic E-state index is 7.32. The summed E-state index contributed by atoms with van der Waals surface area (Å²) in [4.78, 5) is 8.18. The van der Waals surface area contributed by atoms with Crippen molar-refractivity contribution in [3.05, 3.63) is 18.0 Å². The maximum absolute atomic E-state index is 7.32. The topological polar surface area (TPSA) is 84.9 Å². The van der Waals surface area contributed by atoms with Crippen molar-refractivity contribution in [3.8, 4) is 6.01 Å². The summed E-state index contributed by atoms with van der Waals surface area (Å²) in [5.74, 6) is -0.0573. The molecule has 1 heterocycles. The first kappa shape index (κ1) is 11.8. The summed E-state index contributed by atoms with van der Waals surface area (Å²) in [6.07, 6.45) is 8.90. The highest BCUT2D eigenvalue weighted by Gasteiger charge is 2.15. The number of nitrogens with zero attached hydrogens (tertiary/aromatic N) is 2. The number of ether oxygens (including phenoxy) is 1. The minimum atomic E-state index is -0.0573. The zero-order chi connectivity index (χ0) is 12.1. The molecule has 0 aliphatic heterocycles. The number of nitrogen functional groups attached to an aromatic ring is 1. The first-order valence-electron chi connectivity index (χ1n) is 6.10. The van der Waals surface area contributed by atoms with Gasteiger partial charge in [0.25, 0.3) is 0 Å². The van der Waals surface area contributed by atoms with Crippen LogP contribution in [0.25, 0.3) is 0 Å². The van der Waals surface area contributed by atoms with E-state index in [4.69, 9.17) is 15.9 Å². The normalized spacial score (nSPS) is 17.4. The van der Waals surface area contributed by atoms with Crippen LogP contribution in [-0.2, 0) is 0 Å². The average Bonchev–Trinajstić information content (AvgIpc) is 2.58. The van der Waals surface area contributed by atoms with Crippen LogP contribution in [0, 0.1) is 5.41 Å². The molecular weight excluding hydrogens is 216 g/mol. The summed E-state index contributed by atoms with van der Waals surface area (Å²) in [5, 5.41) is 7.32. The van der Waals surface area contributed by atoms with Gasteiger partial charge in [0.1, 0.15) is 17.6 Å². The van der Waals surface area contributed by atoms with E-state index in [9.17, 15) is 0 Å². The molecule has 1 aromatic rings. The lowest BCUT2D eigenvalue weighted by Gasteiger charge is -2.15. The molecule has 92 valence electrons. The van der Waals surface area contributed by atoms with E-state index >= 15 is 0 Å². The molecule has 5 heteroatoms. The molecule has 1 aliphatic carbocycles. The van der Waals surface area contributed by atoms with Gasteiger partial charge in [-0.3, -0.25) is 5.41 Å². The van der Waals surface area contributed by atoms with Crippen LogP contribution in [0.5, 0.6) is 6.01 Å². The molecule has 0 unspecified atom stereocenters. The van der Waals surface area contributed by atoms with E-state index in [1.165, 1.54) is 25.7 Å². The van der Waals surface area contributed by atoms with Crippen molar-refractivity contribution in [1.82, 2.24) is 9.97 Å². The minimum Gasteiger partial charge on any atom is -0.460 e. The lowest BCUT2D eigenvalue weighted by Crippen LogP contribution is -2.19. The van der Waals surface area contributed by atoms with Crippen LogP contribution in [0.1, 0.15) is 44.2 Å². The number of amidine groups is 1. The third-order valence-corrected chi connectivity index (χ3v) is 2.98. The highest BCUT2D eigenvalue weighted by atomic mass is 16.5. The molecular formula is C12H18N4O. The van der Waals surface area contributed by atoms with Gasteiger partial charge < -0.3 is 10.5 Å². The van der Waals surface area contributed by atoms with Gasteiger partial charge in [-0.2, -0.15) is 4.98 Å². The maximum Gasteiger partial charge on any atom is 0.317 e. The zero-order valence-electron chi connectivity index (χ0n) is 9.85. The van der Waals surface area contributed by atoms with Crippen LogP contribution in [0.3, 0.4) is 0 Å². The van der Waals surface area contributed by atoms with Gasteiger partial charge in [-0.15, -0.1) is 0 Å². The van der Waals surface area contributed by atoms with E-state index in [2.05, 4.69) is 9.97 Å². The number of rotatable bonds is 3. The van der Waals surface area contributed by atoms with Crippen LogP contribution in [0.2, 0.25) is 0 Å². The first-order chi connectivity index (χ1) is 8.25. The molecule has 0 atom stereocenters. The Balaban J connectivity index is 2.01. The standard InChI is InChI=1S/C12H18N4O/c13-11(14)10-7-8-15-12(16-10)17-9-5-3-1-2-4-6-9/h7-9H,1-6H2,(H3,13,14). The minimum absolute atomic E-state index is 0.0573. The Morgan fingerprint density at radius 1 is 1.29 bits per heavy atom. The van der Waals surface area contributed by atoms with Crippen LogP contribution in [0.4, 0.5) is 0 Å². The lowest BCUT2D eigenvalue weighted by molar-refractivity contribution is 0.168. The summed E-state index contributed by atoms with van der Waals surface area (Å²) in [7, 11) is 0. The van der Waals surface area contributed by atoms with Crippen molar-refractivity contribution in [1.29, 1.82) is 5.41 Å². The van der Waals surface area contributed by atoms with E-state index < -0.39 is 0 Å². The number of hydrogen-bond donors (Lipinski definition) is 2. The van der Waals surface area contributed by atoms with Gasteiger partial charge in [-0.25, -0.2) is 4.98 Å². The Hall–Kier alpha value is -1.65. The number of hydrogen-bond acceptors (Lipinski definition) is 4. The molecule has 0 amide bonds. The molecule has 3 N–H and O–H groups in total. The molecule has 2 rings (SSSR count). The fourth-order valence-electron chi connectivity index (χ4n) is 2.06. The lowest BCUT2D eigenvalue weighted by atomic mass is 10.2. The van der Waals surface area contributed by atoms with E-state index in [-0.39, 0.29) is 11.9 Å². The first-order valence-corrected chi connectivity index (χ1v) is 6.10. The van der Waals surface area contributed by atoms with Crippen molar-refractivity contribution in [2.24, 2.45) is 5.73 Å². The third-order valence-electron chi connectivity index (χ3n) is 2.98. The van der Waals surface area contributed by atoms with Crippen LogP contribution < -0.4 is 10.5 Å². The molecule has 0 spiro atoms. The molecule has 0 saturated heterocycles. The van der Waals surface area contributed by atoms with Crippen molar-refractivity contribution in [2.45, 2.75) is 44.6 Å². The smallest absolute Gasteiger partial charge is 0.317 e. The molecule has 0 aromatic carbocycles. The number of aromatic nitrogens is 2. The van der Waals surface area contributed by atoms with E-state index in [0.717, 1.165) is 12.8 Å². The molecule has 1 saturated carbocycles. The molecule has 0 radical (unpaired) electrons. The summed E-state index contributed by atoms with van der Waals surface area (Å²) < 4.78 is 5.75. The second-order valence-corrected chi connectivity index (χ2v) is 4.37. The van der Waals surface area contributed by atoms with Crippen molar-refractivity contribution in [2.75, 3.05) is 0 Å². The van der Waals surface area contributed by atoms with Crippen LogP contribution in [0.15, 0.2) is 12.3 Å². The second-order valence-electron chi connectivity index (χ2n) is 4.37. The predicted octanol–water partition coefficient (Wildman–Crippen LogP) is 1.86. The van der Waals surface area contributed by atoms with Gasteiger partial charge in [-0.1, -0.05) is 12.8 Å². The van der Waals surface area contributed by atoms with Crippen molar-refractivity contribution >= 4 is 5.84 Å². The summed E-state index contributed by atoms with van der Waals surface area (Å²) in [5.41, 5.74) is 5.80. The van der Waals surface area contributed by atoms with Crippen molar-refractivity contribution in [3.63, 3.8) is 0 Å². The fourth-order valence-corrected chi connectivity index (χ4v) is 2.06. The van der Waals surface area contributed by atoms with Crippen LogP contribution >= 0.6 is 0 Å². The zero-order valence-corrected chi connectivity index (χ0v) is 9.85. The Morgan fingerprint density at radius 2 is 2.00 bits per heavy atom. The van der Waals surface area contributed by atoms with Crippen LogP contribution in [-0.4, -0.2) is 21.9 Å². The van der Waals surface area contributed by atoms with E-state index in [1.807, 2.05) is 0 Å². The number of nitrogens with two attached hydrogens (primary N) is 1. The van der Waals surface area contributed by atoms with E-state index in [0.29, 0.717) is 11.7 Å². The molecule has 1 fully saturated rings. The summed E-state index contributed by atoms with van der Waals surface area (Å²) in [6.45, 7) is 0. The predicted molar refractivity (Wildman–Crippen MR) is 65.2 cm³/mol. The van der Waals surface area contributed by atoms with Gasteiger partial charge in [0, 0.05) is 6.20 Å². The highest BCUT2D eigenvalue weighted by Crippen LogP contribution is 2.20. The number of nitrogens with one attached hydrogen (secondary N) is 1. The largest absolute Gasteiger partial charge is 0.460 e. The highest BCUT2D eigenvalue weighted by molar-refractivity contribution is 5.92. The molecule has 17 heavy (non-hydrogen) atoms. The van der Waals surface area contributed by atoms with Gasteiger partial charge in [0.15, 0.2) is 0 Å². The Bertz CT molecular complexity index is 386. The molecule has 1 aromatic heterocycles. The van der Waals surface area contributed by atoms with E-state index in [1.54, 1.807) is 12.3 Å². The fraction of sp³-hybridized carbons (Fsp3) is 0.583. The van der Waals surface area contributed by atoms with Gasteiger partial charge in [-0.05, 0) is 31.7 Å². The Kier molecular flexibility index (Phi) is 3.90. The monoisotopic (exact) mass is 234 g/mol. The third kappa shape index (κ3) is 3.41. The average molecular weight is 234 g/mol. The summed E-state index contributed by atoms with van der Waals surface area (Å²) in [6, 6.07) is 1.95.